The van der Waals surface area contributed by atoms with Crippen LogP contribution in [0, 0.1) is 5.92 Å². The number of thiophene rings is 1. The van der Waals surface area contributed by atoms with Gasteiger partial charge in [-0.25, -0.2) is 9.97 Å². The summed E-state index contributed by atoms with van der Waals surface area (Å²) in [4.78, 5) is 38.6. The van der Waals surface area contributed by atoms with Crippen molar-refractivity contribution in [1.82, 2.24) is 14.9 Å². The van der Waals surface area contributed by atoms with Gasteiger partial charge in [-0.2, -0.15) is 0 Å². The van der Waals surface area contributed by atoms with Crippen molar-refractivity contribution >= 4 is 34.1 Å². The van der Waals surface area contributed by atoms with Gasteiger partial charge in [0.15, 0.2) is 0 Å². The third-order valence-electron chi connectivity index (χ3n) is 5.59. The Morgan fingerprint density at radius 3 is 2.66 bits per heavy atom. The Hall–Kier alpha value is -2.52. The molecule has 4 rings (SSSR count). The van der Waals surface area contributed by atoms with Crippen molar-refractivity contribution in [2.75, 3.05) is 42.9 Å². The first-order valence-electron chi connectivity index (χ1n) is 9.99. The van der Waals surface area contributed by atoms with E-state index >= 15 is 0 Å². The molecule has 29 heavy (non-hydrogen) atoms. The molecule has 1 saturated heterocycles. The molecule has 3 N–H and O–H groups in total. The summed E-state index contributed by atoms with van der Waals surface area (Å²) in [5.74, 6) is 0.754. The van der Waals surface area contributed by atoms with Crippen molar-refractivity contribution in [2.24, 2.45) is 11.7 Å². The van der Waals surface area contributed by atoms with Crippen molar-refractivity contribution in [3.63, 3.8) is 0 Å². The maximum atomic E-state index is 12.6. The van der Waals surface area contributed by atoms with E-state index in [-0.39, 0.29) is 5.91 Å². The average molecular weight is 415 g/mol. The first-order valence-corrected chi connectivity index (χ1v) is 10.8. The van der Waals surface area contributed by atoms with Gasteiger partial charge in [-0.3, -0.25) is 14.5 Å². The SMILES string of the molecule is C[C@H]1CCc2c(sc(NC(=O)CN3CCN(c4ncccn4)CC3)c2C(N)=O)C1. The number of rotatable bonds is 5. The molecule has 2 aromatic rings. The Bertz CT molecular complexity index is 892. The number of nitrogens with zero attached hydrogens (tertiary/aromatic N) is 4. The minimum absolute atomic E-state index is 0.108. The Morgan fingerprint density at radius 2 is 1.97 bits per heavy atom. The van der Waals surface area contributed by atoms with Crippen molar-refractivity contribution in [1.29, 1.82) is 0 Å². The van der Waals surface area contributed by atoms with Crippen LogP contribution in [-0.2, 0) is 17.6 Å². The predicted octanol–water partition coefficient (Wildman–Crippen LogP) is 1.52. The van der Waals surface area contributed by atoms with Gasteiger partial charge in [0.2, 0.25) is 11.9 Å². The molecule has 0 radical (unpaired) electrons. The first-order chi connectivity index (χ1) is 14.0. The fourth-order valence-electron chi connectivity index (χ4n) is 4.03. The molecule has 2 aromatic heterocycles. The summed E-state index contributed by atoms with van der Waals surface area (Å²) in [5, 5.41) is 3.56. The molecule has 154 valence electrons. The highest BCUT2D eigenvalue weighted by molar-refractivity contribution is 7.17. The number of carbonyl (C=O) groups is 2. The average Bonchev–Trinajstić information content (AvgIpc) is 3.06. The van der Waals surface area contributed by atoms with Crippen LogP contribution >= 0.6 is 11.3 Å². The van der Waals surface area contributed by atoms with Crippen LogP contribution in [0.4, 0.5) is 10.9 Å². The van der Waals surface area contributed by atoms with Crippen LogP contribution < -0.4 is 16.0 Å². The van der Waals surface area contributed by atoms with Crippen LogP contribution in [0.25, 0.3) is 0 Å². The summed E-state index contributed by atoms with van der Waals surface area (Å²) in [5.41, 5.74) is 7.18. The van der Waals surface area contributed by atoms with Gasteiger partial charge in [-0.15, -0.1) is 11.3 Å². The zero-order valence-electron chi connectivity index (χ0n) is 16.6. The van der Waals surface area contributed by atoms with Gasteiger partial charge in [-0.1, -0.05) is 6.92 Å². The summed E-state index contributed by atoms with van der Waals surface area (Å²) in [6, 6.07) is 1.80. The molecule has 1 atom stereocenters. The molecule has 0 saturated carbocycles. The van der Waals surface area contributed by atoms with E-state index in [1.807, 2.05) is 0 Å². The number of aromatic nitrogens is 2. The molecule has 8 nitrogen and oxygen atoms in total. The van der Waals surface area contributed by atoms with Crippen LogP contribution in [0.2, 0.25) is 0 Å². The largest absolute Gasteiger partial charge is 0.365 e. The van der Waals surface area contributed by atoms with E-state index in [9.17, 15) is 9.59 Å². The fraction of sp³-hybridized carbons (Fsp3) is 0.500. The van der Waals surface area contributed by atoms with Crippen molar-refractivity contribution in [3.05, 3.63) is 34.5 Å². The van der Waals surface area contributed by atoms with Crippen molar-refractivity contribution in [2.45, 2.75) is 26.2 Å². The highest BCUT2D eigenvalue weighted by atomic mass is 32.1. The number of carbonyl (C=O) groups excluding carboxylic acids is 2. The van der Waals surface area contributed by atoms with Crippen LogP contribution in [0.15, 0.2) is 18.5 Å². The third-order valence-corrected chi connectivity index (χ3v) is 6.76. The molecule has 0 bridgehead atoms. The molecule has 2 amide bonds. The Balaban J connectivity index is 1.36. The number of nitrogens with one attached hydrogen (secondary N) is 1. The molecule has 9 heteroatoms. The molecular formula is C20H26N6O2S. The molecule has 1 aliphatic heterocycles. The molecule has 2 aliphatic rings. The number of primary amides is 1. The number of anilines is 2. The van der Waals surface area contributed by atoms with Crippen LogP contribution in [-0.4, -0.2) is 59.4 Å². The normalized spacial score (nSPS) is 19.6. The molecule has 1 aliphatic carbocycles. The summed E-state index contributed by atoms with van der Waals surface area (Å²) in [6.07, 6.45) is 6.32. The molecule has 1 fully saturated rings. The van der Waals surface area contributed by atoms with Crippen molar-refractivity contribution < 1.29 is 9.59 Å². The lowest BCUT2D eigenvalue weighted by Gasteiger charge is -2.34. The summed E-state index contributed by atoms with van der Waals surface area (Å²) >= 11 is 1.51. The monoisotopic (exact) mass is 414 g/mol. The van der Waals surface area contributed by atoms with E-state index in [2.05, 4.69) is 32.0 Å². The van der Waals surface area contributed by atoms with Gasteiger partial charge in [0, 0.05) is 43.4 Å². The predicted molar refractivity (Wildman–Crippen MR) is 113 cm³/mol. The summed E-state index contributed by atoms with van der Waals surface area (Å²) < 4.78 is 0. The van der Waals surface area contributed by atoms with Gasteiger partial charge in [0.1, 0.15) is 5.00 Å². The van der Waals surface area contributed by atoms with Gasteiger partial charge >= 0.3 is 0 Å². The number of hydrogen-bond donors (Lipinski definition) is 2. The van der Waals surface area contributed by atoms with Gasteiger partial charge < -0.3 is 16.0 Å². The minimum atomic E-state index is -0.455. The Morgan fingerprint density at radius 1 is 1.24 bits per heavy atom. The number of amides is 2. The van der Waals surface area contributed by atoms with E-state index in [1.165, 1.54) is 16.2 Å². The number of piperazine rings is 1. The Labute approximate surface area is 174 Å². The lowest BCUT2D eigenvalue weighted by molar-refractivity contribution is -0.117. The second-order valence-corrected chi connectivity index (χ2v) is 8.89. The smallest absolute Gasteiger partial charge is 0.251 e. The first kappa shape index (κ1) is 19.8. The minimum Gasteiger partial charge on any atom is -0.365 e. The van der Waals surface area contributed by atoms with E-state index in [1.54, 1.807) is 18.5 Å². The third kappa shape index (κ3) is 4.40. The maximum absolute atomic E-state index is 12.6. The molecule has 0 unspecified atom stereocenters. The van der Waals surface area contributed by atoms with Crippen LogP contribution in [0.3, 0.4) is 0 Å². The molecule has 3 heterocycles. The number of hydrogen-bond acceptors (Lipinski definition) is 7. The van der Waals surface area contributed by atoms with E-state index in [0.717, 1.165) is 57.0 Å². The standard InChI is InChI=1S/C20H26N6O2S/c1-13-3-4-14-15(11-13)29-19(17(14)18(21)28)24-16(27)12-25-7-9-26(10-8-25)20-22-5-2-6-23-20/h2,5-6,13H,3-4,7-12H2,1H3,(H2,21,28)(H,24,27)/t13-/m0/s1. The summed E-state index contributed by atoms with van der Waals surface area (Å²) in [6.45, 7) is 5.56. The maximum Gasteiger partial charge on any atom is 0.251 e. The quantitative estimate of drug-likeness (QED) is 0.769. The van der Waals surface area contributed by atoms with Gasteiger partial charge in [0.25, 0.3) is 5.91 Å². The second kappa shape index (κ2) is 8.46. The zero-order valence-corrected chi connectivity index (χ0v) is 17.4. The van der Waals surface area contributed by atoms with Crippen LogP contribution in [0.1, 0.15) is 34.1 Å². The number of nitrogens with two attached hydrogens (primary N) is 1. The molecule has 0 spiro atoms. The van der Waals surface area contributed by atoms with Crippen molar-refractivity contribution in [3.8, 4) is 0 Å². The molecular weight excluding hydrogens is 388 g/mol. The van der Waals surface area contributed by atoms with Gasteiger partial charge in [0.05, 0.1) is 12.1 Å². The van der Waals surface area contributed by atoms with E-state index in [4.69, 9.17) is 5.73 Å². The highest BCUT2D eigenvalue weighted by Gasteiger charge is 2.28. The highest BCUT2D eigenvalue weighted by Crippen LogP contribution is 2.39. The van der Waals surface area contributed by atoms with E-state index < -0.39 is 5.91 Å². The van der Waals surface area contributed by atoms with Crippen LogP contribution in [0.5, 0.6) is 0 Å². The zero-order chi connectivity index (χ0) is 20.4. The lowest BCUT2D eigenvalue weighted by atomic mass is 9.88. The lowest BCUT2D eigenvalue weighted by Crippen LogP contribution is -2.49. The van der Waals surface area contributed by atoms with Gasteiger partial charge in [-0.05, 0) is 36.8 Å². The summed E-state index contributed by atoms with van der Waals surface area (Å²) in [7, 11) is 0. The fourth-order valence-corrected chi connectivity index (χ4v) is 5.46. The second-order valence-electron chi connectivity index (χ2n) is 7.78. The topological polar surface area (TPSA) is 104 Å². The number of fused-ring (bicyclic) bond motifs is 1. The Kier molecular flexibility index (Phi) is 5.77. The molecule has 0 aromatic carbocycles. The van der Waals surface area contributed by atoms with E-state index in [0.29, 0.717) is 23.0 Å².